The van der Waals surface area contributed by atoms with Gasteiger partial charge in [0.25, 0.3) is 0 Å². The van der Waals surface area contributed by atoms with Crippen LogP contribution >= 0.6 is 0 Å². The molecule has 0 aromatic rings. The van der Waals surface area contributed by atoms with Crippen LogP contribution in [0.4, 0.5) is 0 Å². The largest absolute Gasteiger partial charge is 0.366 e. The highest BCUT2D eigenvalue weighted by atomic mass is 16.6. The minimum atomic E-state index is -0.0258. The second-order valence-corrected chi connectivity index (χ2v) is 6.20. The van der Waals surface area contributed by atoms with Gasteiger partial charge in [0, 0.05) is 5.92 Å². The maximum Gasteiger partial charge on any atom is 0.152 e. The molecule has 1 saturated heterocycles. The van der Waals surface area contributed by atoms with Crippen molar-refractivity contribution >= 4 is 5.78 Å². The number of rotatable bonds is 2. The summed E-state index contributed by atoms with van der Waals surface area (Å²) in [6.07, 6.45) is 5.32. The van der Waals surface area contributed by atoms with Gasteiger partial charge < -0.3 is 4.74 Å². The Labute approximate surface area is 98.1 Å². The van der Waals surface area contributed by atoms with Crippen LogP contribution in [0.2, 0.25) is 0 Å². The lowest BCUT2D eigenvalue weighted by Gasteiger charge is -2.43. The molecule has 90 valence electrons. The molecule has 0 N–H and O–H groups in total. The van der Waals surface area contributed by atoms with Crippen LogP contribution in [0.25, 0.3) is 0 Å². The molecule has 2 fully saturated rings. The number of ether oxygens (including phenoxy) is 1. The minimum Gasteiger partial charge on any atom is -0.366 e. The maximum atomic E-state index is 11.1. The van der Waals surface area contributed by atoms with E-state index in [2.05, 4.69) is 33.8 Å². The van der Waals surface area contributed by atoms with Crippen LogP contribution in [-0.2, 0) is 9.53 Å². The molecule has 1 saturated carbocycles. The summed E-state index contributed by atoms with van der Waals surface area (Å²) in [5, 5.41) is 0. The summed E-state index contributed by atoms with van der Waals surface area (Å²) < 4.78 is 5.85. The van der Waals surface area contributed by atoms with Crippen LogP contribution in [0.15, 0.2) is 12.2 Å². The molecule has 0 bridgehead atoms. The van der Waals surface area contributed by atoms with Crippen LogP contribution < -0.4 is 0 Å². The number of carbonyl (C=O) groups excluding carboxylic acids is 1. The average molecular weight is 222 g/mol. The molecule has 2 nitrogen and oxygen atoms in total. The lowest BCUT2D eigenvalue weighted by Crippen LogP contribution is -2.44. The molecule has 0 spiro atoms. The summed E-state index contributed by atoms with van der Waals surface area (Å²) >= 11 is 0. The van der Waals surface area contributed by atoms with Crippen molar-refractivity contribution < 1.29 is 9.53 Å². The first kappa shape index (κ1) is 11.8. The van der Waals surface area contributed by atoms with Gasteiger partial charge in [-0.15, -0.1) is 0 Å². The Bertz CT molecular complexity index is 343. The number of fused-ring (bicyclic) bond motifs is 1. The first-order chi connectivity index (χ1) is 7.28. The van der Waals surface area contributed by atoms with Crippen molar-refractivity contribution in [2.75, 3.05) is 0 Å². The van der Waals surface area contributed by atoms with E-state index in [-0.39, 0.29) is 16.8 Å². The molecule has 0 aromatic carbocycles. The monoisotopic (exact) mass is 222 g/mol. The van der Waals surface area contributed by atoms with Crippen LogP contribution in [-0.4, -0.2) is 17.5 Å². The molecular formula is C14H22O2. The van der Waals surface area contributed by atoms with Crippen molar-refractivity contribution in [1.82, 2.24) is 0 Å². The predicted octanol–water partition coefficient (Wildman–Crippen LogP) is 2.97. The first-order valence-electron chi connectivity index (χ1n) is 6.15. The maximum absolute atomic E-state index is 11.1. The smallest absolute Gasteiger partial charge is 0.152 e. The molecule has 1 aliphatic carbocycles. The topological polar surface area (TPSA) is 29.6 Å². The Balaban J connectivity index is 2.27. The lowest BCUT2D eigenvalue weighted by atomic mass is 9.59. The lowest BCUT2D eigenvalue weighted by molar-refractivity contribution is -0.112. The highest BCUT2D eigenvalue weighted by Crippen LogP contribution is 2.60. The number of epoxide rings is 1. The van der Waals surface area contributed by atoms with Crippen LogP contribution in [0.1, 0.15) is 41.0 Å². The van der Waals surface area contributed by atoms with Crippen LogP contribution in [0, 0.1) is 17.3 Å². The summed E-state index contributed by atoms with van der Waals surface area (Å²) in [5.74, 6) is 1.10. The van der Waals surface area contributed by atoms with E-state index in [1.54, 1.807) is 13.0 Å². The van der Waals surface area contributed by atoms with E-state index < -0.39 is 0 Å². The highest BCUT2D eigenvalue weighted by Gasteiger charge is 2.65. The number of hydrogen-bond donors (Lipinski definition) is 0. The minimum absolute atomic E-state index is 0.0258. The number of allylic oxidation sites excluding steroid dienone is 1. The Kier molecular flexibility index (Phi) is 2.54. The van der Waals surface area contributed by atoms with Gasteiger partial charge in [0.05, 0.1) is 11.7 Å². The van der Waals surface area contributed by atoms with E-state index in [0.717, 1.165) is 6.42 Å². The van der Waals surface area contributed by atoms with Crippen molar-refractivity contribution in [1.29, 1.82) is 0 Å². The van der Waals surface area contributed by atoms with E-state index in [4.69, 9.17) is 4.74 Å². The van der Waals surface area contributed by atoms with Crippen molar-refractivity contribution in [3.05, 3.63) is 12.2 Å². The Morgan fingerprint density at radius 1 is 1.38 bits per heavy atom. The van der Waals surface area contributed by atoms with Crippen molar-refractivity contribution in [2.45, 2.75) is 52.7 Å². The quantitative estimate of drug-likeness (QED) is 0.531. The molecule has 0 radical (unpaired) electrons. The normalized spacial score (nSPS) is 45.4. The number of ketones is 1. The Morgan fingerprint density at radius 2 is 2.00 bits per heavy atom. The van der Waals surface area contributed by atoms with Gasteiger partial charge in [-0.1, -0.05) is 26.8 Å². The van der Waals surface area contributed by atoms with Gasteiger partial charge in [-0.25, -0.2) is 0 Å². The average Bonchev–Trinajstić information content (AvgIpc) is 2.75. The van der Waals surface area contributed by atoms with Gasteiger partial charge in [0.15, 0.2) is 5.78 Å². The first-order valence-corrected chi connectivity index (χ1v) is 6.15. The zero-order valence-corrected chi connectivity index (χ0v) is 10.9. The summed E-state index contributed by atoms with van der Waals surface area (Å²) in [6, 6.07) is 0. The van der Waals surface area contributed by atoms with Gasteiger partial charge in [0.1, 0.15) is 0 Å². The van der Waals surface area contributed by atoms with E-state index in [1.165, 1.54) is 0 Å². The van der Waals surface area contributed by atoms with Gasteiger partial charge in [0.2, 0.25) is 0 Å². The summed E-state index contributed by atoms with van der Waals surface area (Å²) in [4.78, 5) is 11.1. The van der Waals surface area contributed by atoms with Crippen LogP contribution in [0.3, 0.4) is 0 Å². The third kappa shape index (κ3) is 1.64. The Hall–Kier alpha value is -0.630. The number of carbonyl (C=O) groups is 1. The van der Waals surface area contributed by atoms with Crippen molar-refractivity contribution in [3.63, 3.8) is 0 Å². The van der Waals surface area contributed by atoms with E-state index >= 15 is 0 Å². The zero-order chi connectivity index (χ0) is 12.1. The van der Waals surface area contributed by atoms with E-state index in [9.17, 15) is 4.79 Å². The molecule has 16 heavy (non-hydrogen) atoms. The molecule has 0 unspecified atom stereocenters. The molecule has 0 amide bonds. The van der Waals surface area contributed by atoms with Gasteiger partial charge >= 0.3 is 0 Å². The van der Waals surface area contributed by atoms with E-state index in [1.807, 2.05) is 0 Å². The molecule has 2 aliphatic rings. The standard InChI is InChI=1S/C14H22O2/c1-9-8-12-14(5,16-12)11(13(9,3)4)7-6-10(2)15/h6-7,9,11-12H,8H2,1-5H3/b7-6+/t9-,11-,12+,14-/m0/s1. The zero-order valence-electron chi connectivity index (χ0n) is 10.9. The summed E-state index contributed by atoms with van der Waals surface area (Å²) in [7, 11) is 0. The molecule has 1 aliphatic heterocycles. The second kappa shape index (κ2) is 3.43. The molecule has 0 aromatic heterocycles. The van der Waals surface area contributed by atoms with Crippen molar-refractivity contribution in [3.8, 4) is 0 Å². The fourth-order valence-electron chi connectivity index (χ4n) is 3.17. The molecule has 1 heterocycles. The summed E-state index contributed by atoms with van der Waals surface area (Å²) in [5.41, 5.74) is 0.176. The van der Waals surface area contributed by atoms with E-state index in [0.29, 0.717) is 17.9 Å². The molecule has 2 heteroatoms. The van der Waals surface area contributed by atoms with Gasteiger partial charge in [-0.2, -0.15) is 0 Å². The SMILES string of the molecule is CC(=O)/C=C/[C@H]1C(C)(C)[C@@H](C)C[C@H]2O[C@]21C. The third-order valence-electron chi connectivity index (χ3n) is 4.76. The summed E-state index contributed by atoms with van der Waals surface area (Å²) in [6.45, 7) is 10.6. The molecule has 4 atom stereocenters. The number of hydrogen-bond acceptors (Lipinski definition) is 2. The van der Waals surface area contributed by atoms with Crippen LogP contribution in [0.5, 0.6) is 0 Å². The van der Waals surface area contributed by atoms with Gasteiger partial charge in [-0.05, 0) is 37.7 Å². The second-order valence-electron chi connectivity index (χ2n) is 6.20. The molecular weight excluding hydrogens is 200 g/mol. The Morgan fingerprint density at radius 3 is 2.56 bits per heavy atom. The fraction of sp³-hybridized carbons (Fsp3) is 0.786. The predicted molar refractivity (Wildman–Crippen MR) is 64.2 cm³/mol. The van der Waals surface area contributed by atoms with Gasteiger partial charge in [-0.3, -0.25) is 4.79 Å². The third-order valence-corrected chi connectivity index (χ3v) is 4.76. The highest BCUT2D eigenvalue weighted by molar-refractivity contribution is 5.87. The fourth-order valence-corrected chi connectivity index (χ4v) is 3.17. The van der Waals surface area contributed by atoms with Crippen molar-refractivity contribution in [2.24, 2.45) is 17.3 Å². The molecule has 2 rings (SSSR count).